The third kappa shape index (κ3) is 2.06. The van der Waals surface area contributed by atoms with Crippen molar-refractivity contribution in [1.82, 2.24) is 10.2 Å². The zero-order valence-corrected chi connectivity index (χ0v) is 11.5. The minimum Gasteiger partial charge on any atom is -0.301 e. The maximum Gasteiger partial charge on any atom is 0.122 e. The summed E-state index contributed by atoms with van der Waals surface area (Å²) >= 11 is 0. The highest BCUT2D eigenvalue weighted by Gasteiger charge is 2.48. The maximum absolute atomic E-state index is 9.60. The van der Waals surface area contributed by atoms with E-state index in [2.05, 4.69) is 16.3 Å². The van der Waals surface area contributed by atoms with Crippen molar-refractivity contribution in [3.05, 3.63) is 0 Å². The van der Waals surface area contributed by atoms with Gasteiger partial charge >= 0.3 is 0 Å². The van der Waals surface area contributed by atoms with Crippen molar-refractivity contribution in [3.8, 4) is 6.07 Å². The summed E-state index contributed by atoms with van der Waals surface area (Å²) in [6, 6.07) is 3.37. The third-order valence-corrected chi connectivity index (χ3v) is 5.50. The summed E-state index contributed by atoms with van der Waals surface area (Å²) in [4.78, 5) is 2.63. The van der Waals surface area contributed by atoms with Crippen LogP contribution in [0.5, 0.6) is 0 Å². The quantitative estimate of drug-likeness (QED) is 0.827. The molecule has 3 unspecified atom stereocenters. The second-order valence-corrected chi connectivity index (χ2v) is 6.48. The Morgan fingerprint density at radius 1 is 1.22 bits per heavy atom. The van der Waals surface area contributed by atoms with E-state index in [9.17, 15) is 5.26 Å². The van der Waals surface area contributed by atoms with Crippen LogP contribution in [-0.2, 0) is 0 Å². The highest BCUT2D eigenvalue weighted by Crippen LogP contribution is 2.42. The standard InChI is InChI=1S/C15H25N3/c1-17-15(10-16,13-6-7-13)11-18-9-8-12-4-2-3-5-14(12)18/h12-14,17H,2-9,11H2,1H3. The molecular formula is C15H25N3. The molecule has 0 aromatic heterocycles. The second-order valence-electron chi connectivity index (χ2n) is 6.48. The average molecular weight is 247 g/mol. The first-order chi connectivity index (χ1) is 8.79. The molecule has 3 rings (SSSR count). The molecule has 3 heteroatoms. The zero-order chi connectivity index (χ0) is 12.6. The monoisotopic (exact) mass is 247 g/mol. The Hall–Kier alpha value is -0.590. The smallest absolute Gasteiger partial charge is 0.122 e. The fraction of sp³-hybridized carbons (Fsp3) is 0.933. The van der Waals surface area contributed by atoms with E-state index in [-0.39, 0.29) is 5.54 Å². The minimum absolute atomic E-state index is 0.271. The van der Waals surface area contributed by atoms with Gasteiger partial charge in [-0.3, -0.25) is 4.90 Å². The number of nitriles is 1. The Bertz CT molecular complexity index is 344. The Labute approximate surface area is 111 Å². The van der Waals surface area contributed by atoms with Crippen LogP contribution in [0, 0.1) is 23.2 Å². The van der Waals surface area contributed by atoms with Gasteiger partial charge in [0.25, 0.3) is 0 Å². The summed E-state index contributed by atoms with van der Waals surface area (Å²) in [7, 11) is 1.97. The van der Waals surface area contributed by atoms with Crippen LogP contribution in [0.4, 0.5) is 0 Å². The van der Waals surface area contributed by atoms with Crippen molar-refractivity contribution in [2.24, 2.45) is 11.8 Å². The molecule has 100 valence electrons. The van der Waals surface area contributed by atoms with Gasteiger partial charge < -0.3 is 5.32 Å². The molecule has 3 aliphatic rings. The Morgan fingerprint density at radius 2 is 2.00 bits per heavy atom. The summed E-state index contributed by atoms with van der Waals surface area (Å²) in [6.07, 6.45) is 9.42. The van der Waals surface area contributed by atoms with Crippen molar-refractivity contribution >= 4 is 0 Å². The summed E-state index contributed by atoms with van der Waals surface area (Å²) in [5, 5.41) is 13.0. The highest BCUT2D eigenvalue weighted by molar-refractivity contribution is 5.17. The van der Waals surface area contributed by atoms with Gasteiger partial charge in [-0.25, -0.2) is 0 Å². The lowest BCUT2D eigenvalue weighted by Crippen LogP contribution is -2.54. The molecule has 0 radical (unpaired) electrons. The summed E-state index contributed by atoms with van der Waals surface area (Å²) in [5.41, 5.74) is -0.271. The van der Waals surface area contributed by atoms with Gasteiger partial charge in [-0.2, -0.15) is 5.26 Å². The van der Waals surface area contributed by atoms with Crippen molar-refractivity contribution in [3.63, 3.8) is 0 Å². The lowest BCUT2D eigenvalue weighted by atomic mass is 9.84. The third-order valence-electron chi connectivity index (χ3n) is 5.50. The molecule has 2 saturated carbocycles. The van der Waals surface area contributed by atoms with E-state index in [1.54, 1.807) is 0 Å². The topological polar surface area (TPSA) is 39.1 Å². The van der Waals surface area contributed by atoms with E-state index in [4.69, 9.17) is 0 Å². The fourth-order valence-electron chi connectivity index (χ4n) is 4.19. The molecule has 18 heavy (non-hydrogen) atoms. The van der Waals surface area contributed by atoms with Crippen LogP contribution in [0.25, 0.3) is 0 Å². The number of rotatable bonds is 4. The van der Waals surface area contributed by atoms with Crippen LogP contribution < -0.4 is 5.32 Å². The number of nitrogens with zero attached hydrogens (tertiary/aromatic N) is 2. The predicted molar refractivity (Wildman–Crippen MR) is 72.1 cm³/mol. The molecule has 3 fully saturated rings. The van der Waals surface area contributed by atoms with Crippen LogP contribution in [0.3, 0.4) is 0 Å². The first-order valence-corrected chi connectivity index (χ1v) is 7.63. The molecule has 1 N–H and O–H groups in total. The lowest BCUT2D eigenvalue weighted by Gasteiger charge is -2.37. The number of likely N-dealkylation sites (N-methyl/N-ethyl adjacent to an activating group) is 1. The van der Waals surface area contributed by atoms with Gasteiger partial charge in [0.2, 0.25) is 0 Å². The molecule has 3 atom stereocenters. The van der Waals surface area contributed by atoms with E-state index in [0.717, 1.165) is 18.5 Å². The second kappa shape index (κ2) is 4.83. The Balaban J connectivity index is 1.70. The summed E-state index contributed by atoms with van der Waals surface area (Å²) in [5.74, 6) is 1.52. The van der Waals surface area contributed by atoms with Crippen molar-refractivity contribution in [2.75, 3.05) is 20.1 Å². The van der Waals surface area contributed by atoms with Crippen molar-refractivity contribution in [1.29, 1.82) is 5.26 Å². The largest absolute Gasteiger partial charge is 0.301 e. The molecule has 3 nitrogen and oxygen atoms in total. The van der Waals surface area contributed by atoms with Gasteiger partial charge in [-0.1, -0.05) is 12.8 Å². The fourth-order valence-corrected chi connectivity index (χ4v) is 4.19. The van der Waals surface area contributed by atoms with E-state index in [1.807, 2.05) is 7.05 Å². The van der Waals surface area contributed by atoms with E-state index in [1.165, 1.54) is 51.5 Å². The van der Waals surface area contributed by atoms with Crippen LogP contribution in [-0.4, -0.2) is 36.6 Å². The first-order valence-electron chi connectivity index (χ1n) is 7.63. The van der Waals surface area contributed by atoms with Crippen LogP contribution in [0.15, 0.2) is 0 Å². The van der Waals surface area contributed by atoms with Gasteiger partial charge in [0.05, 0.1) is 6.07 Å². The van der Waals surface area contributed by atoms with E-state index >= 15 is 0 Å². The van der Waals surface area contributed by atoms with Crippen molar-refractivity contribution < 1.29 is 0 Å². The zero-order valence-electron chi connectivity index (χ0n) is 11.5. The maximum atomic E-state index is 9.60. The van der Waals surface area contributed by atoms with Crippen molar-refractivity contribution in [2.45, 2.75) is 56.5 Å². The SMILES string of the molecule is CNC(C#N)(CN1CCC2CCCCC21)C1CC1. The Kier molecular flexibility index (Phi) is 3.34. The average Bonchev–Trinajstić information content (AvgIpc) is 3.20. The molecule has 1 heterocycles. The number of likely N-dealkylation sites (tertiary alicyclic amines) is 1. The van der Waals surface area contributed by atoms with E-state index in [0.29, 0.717) is 5.92 Å². The molecule has 1 saturated heterocycles. The minimum atomic E-state index is -0.271. The molecule has 0 amide bonds. The predicted octanol–water partition coefficient (Wildman–Crippen LogP) is 2.14. The molecule has 0 spiro atoms. The number of hydrogen-bond donors (Lipinski definition) is 1. The number of hydrogen-bond acceptors (Lipinski definition) is 3. The van der Waals surface area contributed by atoms with Gasteiger partial charge in [0.1, 0.15) is 5.54 Å². The lowest BCUT2D eigenvalue weighted by molar-refractivity contribution is 0.145. The molecular weight excluding hydrogens is 222 g/mol. The Morgan fingerprint density at radius 3 is 2.67 bits per heavy atom. The van der Waals surface area contributed by atoms with Crippen LogP contribution in [0.2, 0.25) is 0 Å². The first kappa shape index (κ1) is 12.4. The van der Waals surface area contributed by atoms with E-state index < -0.39 is 0 Å². The van der Waals surface area contributed by atoms with Crippen LogP contribution in [0.1, 0.15) is 44.9 Å². The normalized spacial score (nSPS) is 35.8. The number of nitrogens with one attached hydrogen (secondary N) is 1. The van der Waals surface area contributed by atoms with Gasteiger partial charge in [0.15, 0.2) is 0 Å². The molecule has 0 aromatic carbocycles. The molecule has 1 aliphatic heterocycles. The molecule has 0 aromatic rings. The van der Waals surface area contributed by atoms with Gasteiger partial charge in [-0.05, 0) is 57.5 Å². The number of fused-ring (bicyclic) bond motifs is 1. The molecule has 2 aliphatic carbocycles. The summed E-state index contributed by atoms with van der Waals surface area (Å²) in [6.45, 7) is 2.17. The van der Waals surface area contributed by atoms with Crippen LogP contribution >= 0.6 is 0 Å². The molecule has 0 bridgehead atoms. The van der Waals surface area contributed by atoms with Gasteiger partial charge in [-0.15, -0.1) is 0 Å². The summed E-state index contributed by atoms with van der Waals surface area (Å²) < 4.78 is 0. The highest BCUT2D eigenvalue weighted by atomic mass is 15.2. The van der Waals surface area contributed by atoms with Gasteiger partial charge in [0, 0.05) is 12.6 Å².